The summed E-state index contributed by atoms with van der Waals surface area (Å²) in [5, 5.41) is 0. The zero-order valence-electron chi connectivity index (χ0n) is 15.6. The Labute approximate surface area is 151 Å². The number of piperidine rings is 2. The summed E-state index contributed by atoms with van der Waals surface area (Å²) in [6.07, 6.45) is 2.56. The van der Waals surface area contributed by atoms with Crippen molar-refractivity contribution < 1.29 is 9.53 Å². The van der Waals surface area contributed by atoms with E-state index in [0.29, 0.717) is 36.8 Å². The van der Waals surface area contributed by atoms with Crippen molar-refractivity contribution in [3.05, 3.63) is 35.9 Å². The van der Waals surface area contributed by atoms with Gasteiger partial charge in [0.1, 0.15) is 5.72 Å². The Bertz CT molecular complexity index is 632. The minimum absolute atomic E-state index is 0.244. The maximum atomic E-state index is 12.7. The quantitative estimate of drug-likeness (QED) is 0.843. The van der Waals surface area contributed by atoms with Crippen LogP contribution in [0.25, 0.3) is 0 Å². The molecule has 4 rings (SSSR count). The second-order valence-electron chi connectivity index (χ2n) is 8.30. The van der Waals surface area contributed by atoms with E-state index in [1.54, 1.807) is 0 Å². The van der Waals surface area contributed by atoms with Gasteiger partial charge >= 0.3 is 0 Å². The topological polar surface area (TPSA) is 32.8 Å². The fourth-order valence-corrected chi connectivity index (χ4v) is 5.10. The van der Waals surface area contributed by atoms with Crippen molar-refractivity contribution >= 4 is 5.91 Å². The molecule has 0 unspecified atom stereocenters. The third-order valence-electron chi connectivity index (χ3n) is 6.67. The first-order valence-corrected chi connectivity index (χ1v) is 9.78. The molecule has 0 radical (unpaired) electrons. The molecule has 3 aliphatic heterocycles. The summed E-state index contributed by atoms with van der Waals surface area (Å²) >= 11 is 0. The second-order valence-corrected chi connectivity index (χ2v) is 8.30. The average molecular weight is 342 g/mol. The van der Waals surface area contributed by atoms with Gasteiger partial charge in [-0.1, -0.05) is 44.2 Å². The minimum Gasteiger partial charge on any atom is -0.353 e. The van der Waals surface area contributed by atoms with Gasteiger partial charge < -0.3 is 9.64 Å². The summed E-state index contributed by atoms with van der Waals surface area (Å²) < 4.78 is 6.40. The first kappa shape index (κ1) is 17.0. The Hall–Kier alpha value is -1.39. The van der Waals surface area contributed by atoms with E-state index in [1.807, 2.05) is 0 Å². The predicted octanol–water partition coefficient (Wildman–Crippen LogP) is 3.44. The number of hydrogen-bond acceptors (Lipinski definition) is 3. The van der Waals surface area contributed by atoms with E-state index < -0.39 is 0 Å². The van der Waals surface area contributed by atoms with E-state index in [1.165, 1.54) is 5.56 Å². The molecule has 1 aromatic carbocycles. The van der Waals surface area contributed by atoms with Gasteiger partial charge in [-0.2, -0.15) is 0 Å². The maximum Gasteiger partial charge on any atom is 0.225 e. The van der Waals surface area contributed by atoms with Crippen molar-refractivity contribution in [2.45, 2.75) is 57.8 Å². The lowest BCUT2D eigenvalue weighted by Gasteiger charge is -2.54. The van der Waals surface area contributed by atoms with Crippen molar-refractivity contribution in [2.24, 2.45) is 11.8 Å². The molecule has 4 atom stereocenters. The van der Waals surface area contributed by atoms with E-state index in [0.717, 1.165) is 25.9 Å². The van der Waals surface area contributed by atoms with Crippen molar-refractivity contribution in [3.63, 3.8) is 0 Å². The third-order valence-corrected chi connectivity index (χ3v) is 6.67. The highest BCUT2D eigenvalue weighted by atomic mass is 16.5. The van der Waals surface area contributed by atoms with Gasteiger partial charge in [-0.15, -0.1) is 0 Å². The number of likely N-dealkylation sites (tertiary alicyclic amines) is 1. The van der Waals surface area contributed by atoms with Crippen molar-refractivity contribution in [3.8, 4) is 0 Å². The van der Waals surface area contributed by atoms with Crippen LogP contribution in [0.3, 0.4) is 0 Å². The number of carbonyl (C=O) groups excluding carboxylic acids is 1. The van der Waals surface area contributed by atoms with E-state index in [-0.39, 0.29) is 11.8 Å². The molecule has 3 fully saturated rings. The minimum atomic E-state index is -0.336. The van der Waals surface area contributed by atoms with Gasteiger partial charge in [0.2, 0.25) is 5.91 Å². The van der Waals surface area contributed by atoms with Gasteiger partial charge in [-0.05, 0) is 24.8 Å². The van der Waals surface area contributed by atoms with Gasteiger partial charge in [0.15, 0.2) is 0 Å². The Morgan fingerprint density at radius 2 is 1.96 bits per heavy atom. The lowest BCUT2D eigenvalue weighted by atomic mass is 9.78. The first-order valence-electron chi connectivity index (χ1n) is 9.78. The van der Waals surface area contributed by atoms with Crippen LogP contribution < -0.4 is 0 Å². The summed E-state index contributed by atoms with van der Waals surface area (Å²) in [6, 6.07) is 11.4. The molecule has 3 saturated heterocycles. The van der Waals surface area contributed by atoms with E-state index in [4.69, 9.17) is 4.74 Å². The van der Waals surface area contributed by atoms with Crippen LogP contribution in [-0.2, 0) is 9.53 Å². The highest BCUT2D eigenvalue weighted by Gasteiger charge is 2.59. The van der Waals surface area contributed by atoms with Crippen molar-refractivity contribution in [1.82, 2.24) is 9.80 Å². The standard InChI is InChI=1S/C21H30N2O2/c1-15(2)19-14-25-21-11-12-22(16(3)17-7-5-4-6-8-17)13-18(21)9-10-20(24)23(19)21/h4-8,15-16,18-19H,9-14H2,1-3H3/t16-,18+,19+,21+/m0/s1. The van der Waals surface area contributed by atoms with Crippen LogP contribution in [0.4, 0.5) is 0 Å². The molecule has 4 heteroatoms. The van der Waals surface area contributed by atoms with Crippen LogP contribution in [-0.4, -0.2) is 47.2 Å². The lowest BCUT2D eigenvalue weighted by molar-refractivity contribution is -0.194. The molecule has 4 nitrogen and oxygen atoms in total. The lowest BCUT2D eigenvalue weighted by Crippen LogP contribution is -2.65. The molecular formula is C21H30N2O2. The summed E-state index contributed by atoms with van der Waals surface area (Å²) in [5.41, 5.74) is 1.03. The SMILES string of the molecule is CC(C)[C@H]1CO[C@]23CCN([C@@H](C)c4ccccc4)C[C@H]2CCC(=O)N13. The third kappa shape index (κ3) is 2.70. The van der Waals surface area contributed by atoms with Crippen LogP contribution in [0.2, 0.25) is 0 Å². The number of ether oxygens (including phenoxy) is 1. The van der Waals surface area contributed by atoms with Crippen LogP contribution in [0, 0.1) is 11.8 Å². The van der Waals surface area contributed by atoms with Crippen molar-refractivity contribution in [1.29, 1.82) is 0 Å². The van der Waals surface area contributed by atoms with E-state index in [2.05, 4.69) is 60.9 Å². The molecule has 3 heterocycles. The Morgan fingerprint density at radius 1 is 1.20 bits per heavy atom. The van der Waals surface area contributed by atoms with Gasteiger partial charge in [0, 0.05) is 37.9 Å². The van der Waals surface area contributed by atoms with Gasteiger partial charge in [-0.3, -0.25) is 9.69 Å². The maximum absolute atomic E-state index is 12.7. The predicted molar refractivity (Wildman–Crippen MR) is 97.9 cm³/mol. The van der Waals surface area contributed by atoms with Crippen molar-refractivity contribution in [2.75, 3.05) is 19.7 Å². The molecule has 0 aliphatic carbocycles. The Kier molecular flexibility index (Phi) is 4.37. The number of amides is 1. The summed E-state index contributed by atoms with van der Waals surface area (Å²) in [5.74, 6) is 1.18. The highest BCUT2D eigenvalue weighted by Crippen LogP contribution is 2.48. The summed E-state index contributed by atoms with van der Waals surface area (Å²) in [4.78, 5) is 17.4. The summed E-state index contributed by atoms with van der Waals surface area (Å²) in [6.45, 7) is 9.42. The van der Waals surface area contributed by atoms with Crippen LogP contribution in [0.5, 0.6) is 0 Å². The molecule has 136 valence electrons. The number of carbonyl (C=O) groups is 1. The molecule has 1 aromatic rings. The monoisotopic (exact) mass is 342 g/mol. The molecule has 1 amide bonds. The van der Waals surface area contributed by atoms with Gasteiger partial charge in [0.05, 0.1) is 12.6 Å². The number of nitrogens with zero attached hydrogens (tertiary/aromatic N) is 2. The highest BCUT2D eigenvalue weighted by molar-refractivity contribution is 5.78. The molecule has 25 heavy (non-hydrogen) atoms. The van der Waals surface area contributed by atoms with E-state index in [9.17, 15) is 4.79 Å². The average Bonchev–Trinajstić information content (AvgIpc) is 3.02. The molecule has 0 saturated carbocycles. The smallest absolute Gasteiger partial charge is 0.225 e. The van der Waals surface area contributed by atoms with Crippen LogP contribution >= 0.6 is 0 Å². The molecule has 0 N–H and O–H groups in total. The largest absolute Gasteiger partial charge is 0.353 e. The number of hydrogen-bond donors (Lipinski definition) is 0. The van der Waals surface area contributed by atoms with Crippen LogP contribution in [0.15, 0.2) is 30.3 Å². The molecule has 0 aromatic heterocycles. The Morgan fingerprint density at radius 3 is 2.68 bits per heavy atom. The zero-order valence-corrected chi connectivity index (χ0v) is 15.6. The molecule has 1 spiro atoms. The normalized spacial score (nSPS) is 34.1. The first-order chi connectivity index (χ1) is 12.0. The molecular weight excluding hydrogens is 312 g/mol. The summed E-state index contributed by atoms with van der Waals surface area (Å²) in [7, 11) is 0. The molecule has 0 bridgehead atoms. The van der Waals surface area contributed by atoms with Gasteiger partial charge in [-0.25, -0.2) is 0 Å². The fraction of sp³-hybridized carbons (Fsp3) is 0.667. The Balaban J connectivity index is 1.56. The fourth-order valence-electron chi connectivity index (χ4n) is 5.10. The molecule has 3 aliphatic rings. The number of benzene rings is 1. The van der Waals surface area contributed by atoms with Gasteiger partial charge in [0.25, 0.3) is 0 Å². The van der Waals surface area contributed by atoms with Crippen LogP contribution in [0.1, 0.15) is 51.6 Å². The van der Waals surface area contributed by atoms with E-state index >= 15 is 0 Å². The second kappa shape index (κ2) is 6.40. The zero-order chi connectivity index (χ0) is 17.6. The number of rotatable bonds is 3.